The second-order valence-corrected chi connectivity index (χ2v) is 10.2. The number of hydrazone groups is 1. The number of benzene rings is 2. The van der Waals surface area contributed by atoms with Crippen molar-refractivity contribution in [2.75, 3.05) is 29.9 Å². The lowest BCUT2D eigenvalue weighted by Crippen LogP contribution is -2.58. The maximum atomic E-state index is 12.4. The first-order valence-corrected chi connectivity index (χ1v) is 12.1. The molecule has 2 aromatic carbocycles. The molecule has 36 heavy (non-hydrogen) atoms. The third kappa shape index (κ3) is 4.89. The first-order valence-electron chi connectivity index (χ1n) is 12.1. The van der Waals surface area contributed by atoms with Crippen molar-refractivity contribution in [3.05, 3.63) is 48.0 Å². The lowest BCUT2D eigenvalue weighted by Gasteiger charge is -2.41. The Bertz CT molecular complexity index is 1190. The lowest BCUT2D eigenvalue weighted by molar-refractivity contribution is -0.122. The molecule has 10 nitrogen and oxygen atoms in total. The van der Waals surface area contributed by atoms with Gasteiger partial charge in [-0.2, -0.15) is 5.10 Å². The van der Waals surface area contributed by atoms with Gasteiger partial charge in [0.15, 0.2) is 5.84 Å². The average Bonchev–Trinajstić information content (AvgIpc) is 2.81. The second kappa shape index (κ2) is 9.25. The summed E-state index contributed by atoms with van der Waals surface area (Å²) in [4.78, 5) is 28.2. The molecule has 3 aliphatic heterocycles. The molecule has 3 heterocycles. The van der Waals surface area contributed by atoms with Crippen LogP contribution in [0.3, 0.4) is 0 Å². The number of nitrogens with one attached hydrogen (secondary N) is 2. The fourth-order valence-corrected chi connectivity index (χ4v) is 4.29. The van der Waals surface area contributed by atoms with Gasteiger partial charge in [-0.25, -0.2) is 10.2 Å². The van der Waals surface area contributed by atoms with E-state index in [1.807, 2.05) is 75.1 Å². The van der Waals surface area contributed by atoms with Gasteiger partial charge in [-0.05, 0) is 39.3 Å². The fourth-order valence-electron chi connectivity index (χ4n) is 4.29. The molecule has 10 heteroatoms. The summed E-state index contributed by atoms with van der Waals surface area (Å²) in [6.07, 6.45) is -0.325. The van der Waals surface area contributed by atoms with E-state index in [4.69, 9.17) is 14.2 Å². The number of ether oxygens (including phenoxy) is 3. The summed E-state index contributed by atoms with van der Waals surface area (Å²) in [5.41, 5.74) is 4.53. The number of carbonyl (C=O) groups excluding carboxylic acids is 2. The van der Waals surface area contributed by atoms with E-state index in [-0.39, 0.29) is 24.6 Å². The quantitative estimate of drug-likeness (QED) is 0.658. The molecule has 2 N–H and O–H groups in total. The summed E-state index contributed by atoms with van der Waals surface area (Å²) >= 11 is 0. The van der Waals surface area contributed by atoms with Crippen LogP contribution < -0.4 is 25.1 Å². The van der Waals surface area contributed by atoms with Crippen molar-refractivity contribution >= 4 is 29.2 Å². The molecule has 2 aromatic rings. The third-order valence-corrected chi connectivity index (χ3v) is 6.15. The molecular weight excluding hydrogens is 462 g/mol. The molecule has 0 radical (unpaired) electrons. The smallest absolute Gasteiger partial charge is 0.410 e. The van der Waals surface area contributed by atoms with Crippen molar-refractivity contribution in [3.63, 3.8) is 0 Å². The van der Waals surface area contributed by atoms with E-state index in [9.17, 15) is 9.59 Å². The highest BCUT2D eigenvalue weighted by Gasteiger charge is 2.37. The molecule has 0 saturated carbocycles. The number of likely N-dealkylation sites (tertiary alicyclic amines) is 1. The van der Waals surface area contributed by atoms with Crippen LogP contribution in [-0.4, -0.2) is 60.1 Å². The summed E-state index contributed by atoms with van der Waals surface area (Å²) < 4.78 is 17.6. The zero-order chi connectivity index (χ0) is 25.4. The van der Waals surface area contributed by atoms with Crippen molar-refractivity contribution in [3.8, 4) is 11.5 Å². The predicted octanol–water partition coefficient (Wildman–Crippen LogP) is 3.33. The van der Waals surface area contributed by atoms with Crippen molar-refractivity contribution in [1.82, 2.24) is 10.3 Å². The molecule has 0 spiro atoms. The summed E-state index contributed by atoms with van der Waals surface area (Å²) in [6, 6.07) is 13.3. The van der Waals surface area contributed by atoms with Gasteiger partial charge in [-0.15, -0.1) is 0 Å². The zero-order valence-electron chi connectivity index (χ0n) is 20.9. The van der Waals surface area contributed by atoms with Crippen molar-refractivity contribution in [1.29, 1.82) is 0 Å². The normalized spacial score (nSPS) is 19.2. The van der Waals surface area contributed by atoms with Crippen LogP contribution in [0.1, 0.15) is 33.3 Å². The number of fused-ring (bicyclic) bond motifs is 3. The number of amides is 2. The molecule has 1 atom stereocenters. The maximum absolute atomic E-state index is 12.4. The minimum Gasteiger partial charge on any atom is -0.487 e. The van der Waals surface area contributed by atoms with Gasteiger partial charge in [0.2, 0.25) is 0 Å². The Hall–Kier alpha value is -3.95. The van der Waals surface area contributed by atoms with Gasteiger partial charge >= 0.3 is 6.09 Å². The monoisotopic (exact) mass is 493 g/mol. The standard InChI is InChI=1S/C26H31N5O5/c1-16-24(32)29-28-23-15-35-22-11-21(34-14-17-8-6-5-7-9-17)19(10-20(22)31(16)23)27-18-12-30(13-18)25(33)36-26(2,3)4/h5-11,16,18,27H,12-15H2,1-4H3,(H,29,32). The SMILES string of the molecule is CC1C(=O)NN=C2COc3cc(OCc4ccccc4)c(NC4CN(C(=O)OC(C)(C)C)C4)cc3N21. The lowest BCUT2D eigenvalue weighted by atomic mass is 10.1. The molecule has 1 unspecified atom stereocenters. The number of nitrogens with zero attached hydrogens (tertiary/aromatic N) is 3. The number of amidine groups is 1. The zero-order valence-corrected chi connectivity index (χ0v) is 20.9. The highest BCUT2D eigenvalue weighted by atomic mass is 16.6. The molecule has 1 saturated heterocycles. The van der Waals surface area contributed by atoms with Crippen molar-refractivity contribution in [2.45, 2.75) is 52.0 Å². The molecule has 3 aliphatic rings. The van der Waals surface area contributed by atoms with Crippen molar-refractivity contribution < 1.29 is 23.8 Å². The van der Waals surface area contributed by atoms with Gasteiger partial charge in [0.25, 0.3) is 5.91 Å². The largest absolute Gasteiger partial charge is 0.487 e. The molecule has 0 bridgehead atoms. The van der Waals surface area contributed by atoms with Crippen LogP contribution in [-0.2, 0) is 16.1 Å². The molecular formula is C26H31N5O5. The van der Waals surface area contributed by atoms with Crippen LogP contribution in [0.2, 0.25) is 0 Å². The van der Waals surface area contributed by atoms with Gasteiger partial charge < -0.3 is 29.3 Å². The average molecular weight is 494 g/mol. The Labute approximate surface area is 210 Å². The molecule has 5 rings (SSSR count). The van der Waals surface area contributed by atoms with E-state index in [1.165, 1.54) is 0 Å². The van der Waals surface area contributed by atoms with E-state index >= 15 is 0 Å². The summed E-state index contributed by atoms with van der Waals surface area (Å²) in [5.74, 6) is 1.70. The maximum Gasteiger partial charge on any atom is 0.410 e. The number of hydrogen-bond acceptors (Lipinski definition) is 8. The van der Waals surface area contributed by atoms with Crippen LogP contribution in [0.15, 0.2) is 47.6 Å². The van der Waals surface area contributed by atoms with Gasteiger partial charge in [0.1, 0.15) is 36.4 Å². The minimum absolute atomic E-state index is 0.0226. The van der Waals surface area contributed by atoms with E-state index in [0.29, 0.717) is 37.0 Å². The Balaban J connectivity index is 1.38. The summed E-state index contributed by atoms with van der Waals surface area (Å²) in [7, 11) is 0. The first-order chi connectivity index (χ1) is 17.2. The molecule has 190 valence electrons. The highest BCUT2D eigenvalue weighted by molar-refractivity contribution is 6.09. The fraction of sp³-hybridized carbons (Fsp3) is 0.423. The highest BCUT2D eigenvalue weighted by Crippen LogP contribution is 2.43. The number of carbonyl (C=O) groups is 2. The number of hydrogen-bond donors (Lipinski definition) is 2. The van der Waals surface area contributed by atoms with Crippen LogP contribution in [0.4, 0.5) is 16.2 Å². The Morgan fingerprint density at radius 1 is 1.22 bits per heavy atom. The van der Waals surface area contributed by atoms with Crippen molar-refractivity contribution in [2.24, 2.45) is 5.10 Å². The van der Waals surface area contributed by atoms with E-state index in [0.717, 1.165) is 16.9 Å². The van der Waals surface area contributed by atoms with Crippen LogP contribution in [0.5, 0.6) is 11.5 Å². The molecule has 0 aromatic heterocycles. The summed E-state index contributed by atoms with van der Waals surface area (Å²) in [5, 5.41) is 7.67. The van der Waals surface area contributed by atoms with Gasteiger partial charge in [0.05, 0.1) is 17.4 Å². The topological polar surface area (TPSA) is 105 Å². The predicted molar refractivity (Wildman–Crippen MR) is 135 cm³/mol. The van der Waals surface area contributed by atoms with Crippen LogP contribution >= 0.6 is 0 Å². The minimum atomic E-state index is -0.538. The Morgan fingerprint density at radius 3 is 2.69 bits per heavy atom. The summed E-state index contributed by atoms with van der Waals surface area (Å²) in [6.45, 7) is 9.04. The van der Waals surface area contributed by atoms with E-state index in [1.54, 1.807) is 4.90 Å². The first kappa shape index (κ1) is 23.8. The Kier molecular flexibility index (Phi) is 6.11. The molecule has 0 aliphatic carbocycles. The van der Waals surface area contributed by atoms with Gasteiger partial charge in [-0.3, -0.25) is 4.79 Å². The van der Waals surface area contributed by atoms with Gasteiger partial charge in [0, 0.05) is 19.2 Å². The van der Waals surface area contributed by atoms with E-state index < -0.39 is 11.6 Å². The van der Waals surface area contributed by atoms with Crippen LogP contribution in [0, 0.1) is 0 Å². The number of rotatable bonds is 5. The molecule has 2 amide bonds. The van der Waals surface area contributed by atoms with Crippen LogP contribution in [0.25, 0.3) is 0 Å². The van der Waals surface area contributed by atoms with Gasteiger partial charge in [-0.1, -0.05) is 30.3 Å². The number of anilines is 2. The second-order valence-electron chi connectivity index (χ2n) is 10.2. The third-order valence-electron chi connectivity index (χ3n) is 6.15. The Morgan fingerprint density at radius 2 is 1.97 bits per heavy atom. The van der Waals surface area contributed by atoms with E-state index in [2.05, 4.69) is 15.8 Å². The molecule has 1 fully saturated rings.